The first-order valence-electron chi connectivity index (χ1n) is 4.79. The first-order chi connectivity index (χ1) is 8.06. The zero-order chi connectivity index (χ0) is 12.6. The van der Waals surface area contributed by atoms with E-state index in [2.05, 4.69) is 0 Å². The Morgan fingerprint density at radius 1 is 1.47 bits per heavy atom. The molecule has 0 unspecified atom stereocenters. The predicted octanol–water partition coefficient (Wildman–Crippen LogP) is 3.97. The van der Waals surface area contributed by atoms with Gasteiger partial charge in [0.1, 0.15) is 16.8 Å². The Hall–Kier alpha value is -1.57. The molecule has 2 aromatic rings. The lowest BCUT2D eigenvalue weighted by Gasteiger charge is -2.03. The van der Waals surface area contributed by atoms with Crippen LogP contribution in [0.2, 0.25) is 5.02 Å². The third-order valence-corrected chi connectivity index (χ3v) is 4.12. The zero-order valence-corrected chi connectivity index (χ0v) is 10.5. The number of rotatable bonds is 1. The largest absolute Gasteiger partial charge is 0.397 e. The third kappa shape index (κ3) is 1.88. The van der Waals surface area contributed by atoms with Crippen molar-refractivity contribution in [2.45, 2.75) is 6.92 Å². The molecule has 0 atom stereocenters. The number of benzene rings is 1. The lowest BCUT2D eigenvalue weighted by molar-refractivity contribution is 0.629. The van der Waals surface area contributed by atoms with E-state index in [1.54, 1.807) is 19.1 Å². The molecule has 17 heavy (non-hydrogen) atoms. The molecule has 1 aromatic heterocycles. The maximum Gasteiger partial charge on any atom is 0.142 e. The van der Waals surface area contributed by atoms with Crippen molar-refractivity contribution < 1.29 is 4.39 Å². The number of nitrogens with zero attached hydrogens (tertiary/aromatic N) is 1. The first-order valence-corrected chi connectivity index (χ1v) is 5.99. The smallest absolute Gasteiger partial charge is 0.142 e. The van der Waals surface area contributed by atoms with Crippen LogP contribution in [0, 0.1) is 24.1 Å². The van der Waals surface area contributed by atoms with Gasteiger partial charge in [-0.25, -0.2) is 4.39 Å². The van der Waals surface area contributed by atoms with Gasteiger partial charge in [0.05, 0.1) is 10.7 Å². The Bertz CT molecular complexity index is 628. The molecule has 0 aliphatic heterocycles. The number of thiophene rings is 1. The molecule has 0 radical (unpaired) electrons. The van der Waals surface area contributed by atoms with E-state index in [0.29, 0.717) is 16.1 Å². The van der Waals surface area contributed by atoms with Crippen molar-refractivity contribution in [3.05, 3.63) is 39.5 Å². The predicted molar refractivity (Wildman–Crippen MR) is 68.6 cm³/mol. The number of hydrogen-bond acceptors (Lipinski definition) is 3. The molecule has 1 aromatic carbocycles. The van der Waals surface area contributed by atoms with E-state index in [1.807, 2.05) is 6.07 Å². The fraction of sp³-hybridized carbons (Fsp3) is 0.0833. The molecule has 2 N–H and O–H groups in total. The first kappa shape index (κ1) is 11.9. The standard InChI is InChI=1S/C12H8ClFN2S/c1-6-11(16)9(5-15)17-12(6)7-3-2-4-8(14)10(7)13/h2-4H,16H2,1H3. The van der Waals surface area contributed by atoms with Gasteiger partial charge in [0, 0.05) is 10.4 Å². The van der Waals surface area contributed by atoms with Gasteiger partial charge < -0.3 is 5.73 Å². The van der Waals surface area contributed by atoms with E-state index in [0.717, 1.165) is 10.4 Å². The molecule has 0 fully saturated rings. The molecule has 2 nitrogen and oxygen atoms in total. The topological polar surface area (TPSA) is 49.8 Å². The van der Waals surface area contributed by atoms with Gasteiger partial charge >= 0.3 is 0 Å². The van der Waals surface area contributed by atoms with Crippen LogP contribution in [0.4, 0.5) is 10.1 Å². The number of anilines is 1. The summed E-state index contributed by atoms with van der Waals surface area (Å²) in [5.41, 5.74) is 7.56. The monoisotopic (exact) mass is 266 g/mol. The molecule has 5 heteroatoms. The summed E-state index contributed by atoms with van der Waals surface area (Å²) < 4.78 is 13.4. The number of nitrogen functional groups attached to an aromatic ring is 1. The zero-order valence-electron chi connectivity index (χ0n) is 8.92. The number of halogens is 2. The maximum absolute atomic E-state index is 13.4. The van der Waals surface area contributed by atoms with Gasteiger partial charge in [-0.3, -0.25) is 0 Å². The summed E-state index contributed by atoms with van der Waals surface area (Å²) in [6.07, 6.45) is 0. The molecule has 0 amide bonds. The average Bonchev–Trinajstić information content (AvgIpc) is 2.60. The van der Waals surface area contributed by atoms with Crippen LogP contribution in [0.5, 0.6) is 0 Å². The van der Waals surface area contributed by atoms with Crippen LogP contribution in [-0.2, 0) is 0 Å². The Kier molecular flexibility index (Phi) is 3.05. The third-order valence-electron chi connectivity index (χ3n) is 2.49. The maximum atomic E-state index is 13.4. The van der Waals surface area contributed by atoms with E-state index in [4.69, 9.17) is 22.6 Å². The van der Waals surface area contributed by atoms with E-state index in [9.17, 15) is 4.39 Å². The summed E-state index contributed by atoms with van der Waals surface area (Å²) in [5.74, 6) is -0.478. The lowest BCUT2D eigenvalue weighted by Crippen LogP contribution is -1.88. The van der Waals surface area contributed by atoms with Crippen LogP contribution in [0.1, 0.15) is 10.4 Å². The second-order valence-electron chi connectivity index (χ2n) is 3.51. The van der Waals surface area contributed by atoms with Gasteiger partial charge in [0.2, 0.25) is 0 Å². The Morgan fingerprint density at radius 2 is 2.18 bits per heavy atom. The summed E-state index contributed by atoms with van der Waals surface area (Å²) in [6, 6.07) is 6.61. The van der Waals surface area contributed by atoms with Crippen LogP contribution in [0.3, 0.4) is 0 Å². The Morgan fingerprint density at radius 3 is 2.76 bits per heavy atom. The van der Waals surface area contributed by atoms with Crippen molar-refractivity contribution in [2.75, 3.05) is 5.73 Å². The van der Waals surface area contributed by atoms with Crippen LogP contribution in [0.25, 0.3) is 10.4 Å². The van der Waals surface area contributed by atoms with Crippen molar-refractivity contribution in [2.24, 2.45) is 0 Å². The highest BCUT2D eigenvalue weighted by molar-refractivity contribution is 7.16. The Balaban J connectivity index is 2.70. The fourth-order valence-corrected chi connectivity index (χ4v) is 2.88. The molecule has 0 aliphatic carbocycles. The summed E-state index contributed by atoms with van der Waals surface area (Å²) in [6.45, 7) is 1.79. The number of nitriles is 1. The van der Waals surface area contributed by atoms with Crippen molar-refractivity contribution in [1.82, 2.24) is 0 Å². The SMILES string of the molecule is Cc1c(-c2cccc(F)c2Cl)sc(C#N)c1N. The van der Waals surface area contributed by atoms with Crippen molar-refractivity contribution in [1.29, 1.82) is 5.26 Å². The molecule has 86 valence electrons. The summed E-state index contributed by atoms with van der Waals surface area (Å²) >= 11 is 7.14. The van der Waals surface area contributed by atoms with E-state index in [1.165, 1.54) is 17.4 Å². The molecule has 0 saturated heterocycles. The van der Waals surface area contributed by atoms with Gasteiger partial charge in [-0.2, -0.15) is 5.26 Å². The van der Waals surface area contributed by atoms with E-state index in [-0.39, 0.29) is 5.02 Å². The highest BCUT2D eigenvalue weighted by atomic mass is 35.5. The molecule has 0 aliphatic rings. The lowest BCUT2D eigenvalue weighted by atomic mass is 10.1. The molecule has 0 spiro atoms. The molecular formula is C12H8ClFN2S. The van der Waals surface area contributed by atoms with Crippen LogP contribution >= 0.6 is 22.9 Å². The Labute approximate surface area is 107 Å². The summed E-state index contributed by atoms with van der Waals surface area (Å²) in [7, 11) is 0. The van der Waals surface area contributed by atoms with E-state index >= 15 is 0 Å². The minimum absolute atomic E-state index is 0.0568. The van der Waals surface area contributed by atoms with Crippen LogP contribution in [-0.4, -0.2) is 0 Å². The molecule has 2 rings (SSSR count). The molecule has 1 heterocycles. The molecule has 0 bridgehead atoms. The fourth-order valence-electron chi connectivity index (χ4n) is 1.55. The number of hydrogen-bond donors (Lipinski definition) is 1. The van der Waals surface area contributed by atoms with Crippen molar-refractivity contribution in [3.8, 4) is 16.5 Å². The van der Waals surface area contributed by atoms with E-state index < -0.39 is 5.82 Å². The molecule has 0 saturated carbocycles. The minimum Gasteiger partial charge on any atom is -0.397 e. The second-order valence-corrected chi connectivity index (χ2v) is 4.91. The normalized spacial score (nSPS) is 10.2. The van der Waals surface area contributed by atoms with Crippen LogP contribution in [0.15, 0.2) is 18.2 Å². The highest BCUT2D eigenvalue weighted by Crippen LogP contribution is 2.41. The average molecular weight is 267 g/mol. The quantitative estimate of drug-likeness (QED) is 0.849. The van der Waals surface area contributed by atoms with Gasteiger partial charge in [0.15, 0.2) is 0 Å². The van der Waals surface area contributed by atoms with Gasteiger partial charge in [-0.05, 0) is 18.6 Å². The number of nitrogens with two attached hydrogens (primary N) is 1. The highest BCUT2D eigenvalue weighted by Gasteiger charge is 2.17. The minimum atomic E-state index is -0.478. The molecular weight excluding hydrogens is 259 g/mol. The van der Waals surface area contributed by atoms with Crippen LogP contribution < -0.4 is 5.73 Å². The van der Waals surface area contributed by atoms with Crippen molar-refractivity contribution >= 4 is 28.6 Å². The van der Waals surface area contributed by atoms with Crippen molar-refractivity contribution in [3.63, 3.8) is 0 Å². The second kappa shape index (κ2) is 4.36. The van der Waals surface area contributed by atoms with Gasteiger partial charge in [0.25, 0.3) is 0 Å². The summed E-state index contributed by atoms with van der Waals surface area (Å²) in [5, 5.41) is 8.96. The van der Waals surface area contributed by atoms with Gasteiger partial charge in [-0.1, -0.05) is 23.7 Å². The van der Waals surface area contributed by atoms with Gasteiger partial charge in [-0.15, -0.1) is 11.3 Å². The summed E-state index contributed by atoms with van der Waals surface area (Å²) in [4.78, 5) is 1.17.